The molecular formula is C27H35F3N8O3. The molecule has 14 heteroatoms. The number of anilines is 2. The van der Waals surface area contributed by atoms with Crippen LogP contribution in [0.5, 0.6) is 5.75 Å². The van der Waals surface area contributed by atoms with Crippen molar-refractivity contribution in [2.75, 3.05) is 17.2 Å². The van der Waals surface area contributed by atoms with Crippen LogP contribution < -0.4 is 20.7 Å². The van der Waals surface area contributed by atoms with Crippen LogP contribution in [0.3, 0.4) is 0 Å². The second-order valence-corrected chi connectivity index (χ2v) is 9.96. The van der Waals surface area contributed by atoms with E-state index in [1.165, 1.54) is 18.2 Å². The molecule has 1 aliphatic carbocycles. The monoisotopic (exact) mass is 576 g/mol. The molecule has 1 fully saturated rings. The van der Waals surface area contributed by atoms with E-state index in [2.05, 4.69) is 55.3 Å². The molecule has 0 amide bonds. The molecule has 3 N–H and O–H groups in total. The number of nitrogens with zero attached hydrogens (tertiary/aromatic N) is 5. The number of rotatable bonds is 13. The van der Waals surface area contributed by atoms with Gasteiger partial charge in [-0.3, -0.25) is 10.1 Å². The van der Waals surface area contributed by atoms with Gasteiger partial charge in [-0.15, -0.1) is 13.2 Å². The van der Waals surface area contributed by atoms with Gasteiger partial charge in [0.05, 0.1) is 10.6 Å². The molecule has 2 heterocycles. The Morgan fingerprint density at radius 1 is 1.10 bits per heavy atom. The van der Waals surface area contributed by atoms with Gasteiger partial charge in [0.1, 0.15) is 17.8 Å². The minimum atomic E-state index is -4.83. The van der Waals surface area contributed by atoms with Crippen LogP contribution >= 0.6 is 0 Å². The Bertz CT molecular complexity index is 1290. The smallest absolute Gasteiger partial charge is 0.405 e. The Morgan fingerprint density at radius 2 is 1.85 bits per heavy atom. The van der Waals surface area contributed by atoms with E-state index in [4.69, 9.17) is 4.98 Å². The normalized spacial score (nSPS) is 17.3. The number of alkyl halides is 3. The van der Waals surface area contributed by atoms with Crippen molar-refractivity contribution in [3.8, 4) is 5.75 Å². The van der Waals surface area contributed by atoms with E-state index in [1.54, 1.807) is 6.07 Å². The van der Waals surface area contributed by atoms with E-state index in [1.807, 2.05) is 0 Å². The lowest BCUT2D eigenvalue weighted by Gasteiger charge is -2.29. The summed E-state index contributed by atoms with van der Waals surface area (Å²) in [4.78, 5) is 23.9. The maximum atomic E-state index is 12.7. The molecule has 0 bridgehead atoms. The van der Waals surface area contributed by atoms with Gasteiger partial charge in [-0.2, -0.15) is 4.98 Å². The zero-order valence-electron chi connectivity index (χ0n) is 23.1. The number of ether oxygens (including phenoxy) is 1. The molecule has 2 aromatic heterocycles. The van der Waals surface area contributed by atoms with Crippen molar-refractivity contribution in [1.29, 1.82) is 0 Å². The fourth-order valence-electron chi connectivity index (χ4n) is 4.99. The molecule has 41 heavy (non-hydrogen) atoms. The number of imidazole rings is 1. The molecule has 0 radical (unpaired) electrons. The predicted octanol–water partition coefficient (Wildman–Crippen LogP) is 5.43. The molecule has 4 rings (SSSR count). The van der Waals surface area contributed by atoms with Crippen molar-refractivity contribution >= 4 is 17.5 Å². The molecule has 0 atom stereocenters. The highest BCUT2D eigenvalue weighted by molar-refractivity contribution is 5.57. The second-order valence-electron chi connectivity index (χ2n) is 9.96. The molecular weight excluding hydrogens is 541 g/mol. The highest BCUT2D eigenvalue weighted by Gasteiger charge is 2.32. The fourth-order valence-corrected chi connectivity index (χ4v) is 4.99. The summed E-state index contributed by atoms with van der Waals surface area (Å²) in [7, 11) is 0. The minimum Gasteiger partial charge on any atom is -0.405 e. The summed E-state index contributed by atoms with van der Waals surface area (Å²) in [5.74, 6) is 1.17. The molecule has 1 saturated carbocycles. The minimum absolute atomic E-state index is 0.0459. The molecule has 1 aliphatic rings. The van der Waals surface area contributed by atoms with Crippen LogP contribution in [-0.4, -0.2) is 43.4 Å². The van der Waals surface area contributed by atoms with Crippen LogP contribution in [-0.2, 0) is 26.1 Å². The zero-order valence-corrected chi connectivity index (χ0v) is 23.1. The molecule has 1 aromatic carbocycles. The number of hydrogen-bond acceptors (Lipinski definition) is 9. The lowest BCUT2D eigenvalue weighted by molar-refractivity contribution is -0.384. The third-order valence-corrected chi connectivity index (χ3v) is 7.14. The average molecular weight is 577 g/mol. The number of para-hydroxylation sites is 1. The molecule has 0 aliphatic heterocycles. The van der Waals surface area contributed by atoms with Crippen molar-refractivity contribution in [1.82, 2.24) is 24.8 Å². The van der Waals surface area contributed by atoms with E-state index in [9.17, 15) is 23.3 Å². The Balaban J connectivity index is 1.29. The predicted molar refractivity (Wildman–Crippen MR) is 147 cm³/mol. The van der Waals surface area contributed by atoms with Gasteiger partial charge in [0, 0.05) is 50.4 Å². The molecule has 0 spiro atoms. The van der Waals surface area contributed by atoms with E-state index in [-0.39, 0.29) is 35.3 Å². The van der Waals surface area contributed by atoms with Gasteiger partial charge in [-0.05, 0) is 44.6 Å². The van der Waals surface area contributed by atoms with Gasteiger partial charge in [-0.1, -0.05) is 25.1 Å². The topological polar surface area (TPSA) is 132 Å². The number of nitro groups is 1. The largest absolute Gasteiger partial charge is 0.573 e. The number of nitrogens with one attached hydrogen (secondary N) is 3. The standard InChI is InChI=1S/C27H35F3N8O3/c1-3-24-35-21(17-37(24)4-2)15-31-20-11-9-18(10-12-20)13-32-25-22(38(39)40)16-34-26(36-25)33-14-19-7-5-6-8-23(19)41-27(28,29)30/h5-8,16-18,20,31H,3-4,9-15H2,1-2H3,(H2,32,33,34,36). The van der Waals surface area contributed by atoms with Crippen LogP contribution in [0.4, 0.5) is 30.6 Å². The summed E-state index contributed by atoms with van der Waals surface area (Å²) in [6.45, 7) is 6.28. The number of halogens is 3. The maximum absolute atomic E-state index is 12.7. The number of aromatic nitrogens is 4. The summed E-state index contributed by atoms with van der Waals surface area (Å²) in [5.41, 5.74) is 1.00. The van der Waals surface area contributed by atoms with Gasteiger partial charge in [0.25, 0.3) is 0 Å². The van der Waals surface area contributed by atoms with Gasteiger partial charge in [0.15, 0.2) is 0 Å². The summed E-state index contributed by atoms with van der Waals surface area (Å²) in [5, 5.41) is 21.1. The molecule has 222 valence electrons. The quantitative estimate of drug-likeness (QED) is 0.180. The molecule has 0 unspecified atom stereocenters. The van der Waals surface area contributed by atoms with Crippen molar-refractivity contribution in [3.05, 3.63) is 63.9 Å². The van der Waals surface area contributed by atoms with Gasteiger partial charge >= 0.3 is 12.0 Å². The highest BCUT2D eigenvalue weighted by Crippen LogP contribution is 2.29. The summed E-state index contributed by atoms with van der Waals surface area (Å²) in [6.07, 6.45) is 3.14. The molecule has 11 nitrogen and oxygen atoms in total. The SMILES string of the molecule is CCc1nc(CNC2CCC(CNc3nc(NCc4ccccc4OC(F)(F)F)ncc3[N+](=O)[O-])CC2)cn1CC. The van der Waals surface area contributed by atoms with E-state index < -0.39 is 11.3 Å². The number of aryl methyl sites for hydroxylation is 2. The molecule has 0 saturated heterocycles. The number of hydrogen-bond donors (Lipinski definition) is 3. The Hall–Kier alpha value is -3.94. The van der Waals surface area contributed by atoms with Gasteiger partial charge in [0.2, 0.25) is 11.8 Å². The van der Waals surface area contributed by atoms with E-state index >= 15 is 0 Å². The summed E-state index contributed by atoms with van der Waals surface area (Å²) >= 11 is 0. The van der Waals surface area contributed by atoms with Gasteiger partial charge < -0.3 is 25.3 Å². The Morgan fingerprint density at radius 3 is 2.51 bits per heavy atom. The highest BCUT2D eigenvalue weighted by atomic mass is 19.4. The maximum Gasteiger partial charge on any atom is 0.573 e. The summed E-state index contributed by atoms with van der Waals surface area (Å²) in [6, 6.07) is 6.08. The number of benzene rings is 1. The van der Waals surface area contributed by atoms with E-state index in [0.717, 1.165) is 62.9 Å². The first-order chi connectivity index (χ1) is 19.6. The van der Waals surface area contributed by atoms with Crippen LogP contribution in [0.2, 0.25) is 0 Å². The first kappa shape index (κ1) is 30.0. The first-order valence-corrected chi connectivity index (χ1v) is 13.8. The zero-order chi connectivity index (χ0) is 29.4. The van der Waals surface area contributed by atoms with Crippen molar-refractivity contribution in [3.63, 3.8) is 0 Å². The lowest BCUT2D eigenvalue weighted by atomic mass is 9.86. The third-order valence-electron chi connectivity index (χ3n) is 7.14. The fraction of sp³-hybridized carbons (Fsp3) is 0.519. The molecule has 3 aromatic rings. The van der Waals surface area contributed by atoms with Crippen molar-refractivity contribution < 1.29 is 22.8 Å². The Labute approximate surface area is 236 Å². The van der Waals surface area contributed by atoms with Crippen LogP contribution in [0.15, 0.2) is 36.7 Å². The lowest BCUT2D eigenvalue weighted by Crippen LogP contribution is -2.34. The van der Waals surface area contributed by atoms with Gasteiger partial charge in [-0.25, -0.2) is 9.97 Å². The van der Waals surface area contributed by atoms with Crippen LogP contribution in [0.25, 0.3) is 0 Å². The van der Waals surface area contributed by atoms with Crippen LogP contribution in [0, 0.1) is 16.0 Å². The van der Waals surface area contributed by atoms with Crippen molar-refractivity contribution in [2.45, 2.75) is 78.0 Å². The van der Waals surface area contributed by atoms with Crippen molar-refractivity contribution in [2.24, 2.45) is 5.92 Å². The third kappa shape index (κ3) is 8.52. The summed E-state index contributed by atoms with van der Waals surface area (Å²) < 4.78 is 44.4. The second kappa shape index (κ2) is 13.6. The Kier molecular flexibility index (Phi) is 9.97. The van der Waals surface area contributed by atoms with Crippen LogP contribution in [0.1, 0.15) is 56.6 Å². The average Bonchev–Trinajstić information content (AvgIpc) is 3.36. The van der Waals surface area contributed by atoms with E-state index in [0.29, 0.717) is 18.5 Å². The first-order valence-electron chi connectivity index (χ1n) is 13.8.